The quantitative estimate of drug-likeness (QED) is 0.813. The topological polar surface area (TPSA) is 49.3 Å². The third kappa shape index (κ3) is 3.26. The fourth-order valence-corrected chi connectivity index (χ4v) is 1.26. The van der Waals surface area contributed by atoms with Crippen molar-refractivity contribution in [1.82, 2.24) is 0 Å². The van der Waals surface area contributed by atoms with Crippen LogP contribution in [0.2, 0.25) is 0 Å². The first-order valence-electron chi connectivity index (χ1n) is 4.13. The Hall–Kier alpha value is -1.22. The van der Waals surface area contributed by atoms with E-state index in [1.165, 1.54) is 0 Å². The molecule has 0 heterocycles. The average Bonchev–Trinajstić information content (AvgIpc) is 2.03. The third-order valence-corrected chi connectivity index (χ3v) is 1.90. The molecule has 2 N–H and O–H groups in total. The molecule has 1 aromatic carbocycles. The highest BCUT2D eigenvalue weighted by atomic mass is 35.5. The van der Waals surface area contributed by atoms with Crippen molar-refractivity contribution < 1.29 is 9.90 Å². The number of anilines is 1. The van der Waals surface area contributed by atoms with Gasteiger partial charge in [-0.3, -0.25) is 4.79 Å². The summed E-state index contributed by atoms with van der Waals surface area (Å²) < 4.78 is 0. The molecule has 0 aliphatic carbocycles. The number of aliphatic carboxylic acids is 1. The third-order valence-electron chi connectivity index (χ3n) is 1.90. The molecule has 0 spiro atoms. The number of para-hydroxylation sites is 1. The Balaban J connectivity index is 0.00000169. The summed E-state index contributed by atoms with van der Waals surface area (Å²) in [6.07, 6.45) is 0. The minimum atomic E-state index is -0.845. The minimum absolute atomic E-state index is 0. The van der Waals surface area contributed by atoms with Crippen LogP contribution in [-0.4, -0.2) is 17.6 Å². The normalized spacial score (nSPS) is 9.00. The van der Waals surface area contributed by atoms with Crippen molar-refractivity contribution in [1.29, 1.82) is 0 Å². The second kappa shape index (κ2) is 5.50. The van der Waals surface area contributed by atoms with Crippen LogP contribution < -0.4 is 5.32 Å². The molecule has 0 bridgehead atoms. The van der Waals surface area contributed by atoms with Crippen LogP contribution in [0.3, 0.4) is 0 Å². The Kier molecular flexibility index (Phi) is 5.02. The second-order valence-corrected chi connectivity index (χ2v) is 3.01. The number of carboxylic acids is 1. The fourth-order valence-electron chi connectivity index (χ4n) is 1.26. The smallest absolute Gasteiger partial charge is 0.322 e. The SMILES string of the molecule is Cc1cccc(C)c1NCC(=O)O.Cl. The molecule has 0 aromatic heterocycles. The maximum atomic E-state index is 10.3. The lowest BCUT2D eigenvalue weighted by molar-refractivity contribution is -0.134. The maximum absolute atomic E-state index is 10.3. The van der Waals surface area contributed by atoms with Crippen LogP contribution in [0.1, 0.15) is 11.1 Å². The number of aryl methyl sites for hydroxylation is 2. The Bertz CT molecular complexity index is 306. The van der Waals surface area contributed by atoms with Crippen LogP contribution in [0.4, 0.5) is 5.69 Å². The van der Waals surface area contributed by atoms with Crippen molar-refractivity contribution in [3.8, 4) is 0 Å². The second-order valence-electron chi connectivity index (χ2n) is 3.01. The number of carboxylic acid groups (broad SMARTS) is 1. The van der Waals surface area contributed by atoms with Gasteiger partial charge in [0.2, 0.25) is 0 Å². The molecule has 14 heavy (non-hydrogen) atoms. The Labute approximate surface area is 89.5 Å². The highest BCUT2D eigenvalue weighted by molar-refractivity contribution is 5.85. The zero-order valence-corrected chi connectivity index (χ0v) is 9.02. The molecular formula is C10H14ClNO2. The van der Waals surface area contributed by atoms with E-state index in [4.69, 9.17) is 5.11 Å². The van der Waals surface area contributed by atoms with Gasteiger partial charge < -0.3 is 10.4 Å². The van der Waals surface area contributed by atoms with Gasteiger partial charge in [0, 0.05) is 5.69 Å². The summed E-state index contributed by atoms with van der Waals surface area (Å²) in [5.74, 6) is -0.845. The fraction of sp³-hybridized carbons (Fsp3) is 0.300. The van der Waals surface area contributed by atoms with E-state index in [1.54, 1.807) is 0 Å². The number of halogens is 1. The molecule has 0 unspecified atom stereocenters. The van der Waals surface area contributed by atoms with Crippen molar-refractivity contribution in [3.63, 3.8) is 0 Å². The predicted octanol–water partition coefficient (Wildman–Crippen LogP) is 2.22. The van der Waals surface area contributed by atoms with Crippen molar-refractivity contribution >= 4 is 24.1 Å². The number of hydrogen-bond acceptors (Lipinski definition) is 2. The highest BCUT2D eigenvalue weighted by Gasteiger charge is 2.02. The molecule has 1 rings (SSSR count). The van der Waals surface area contributed by atoms with Crippen molar-refractivity contribution in [2.75, 3.05) is 11.9 Å². The Morgan fingerprint density at radius 1 is 1.36 bits per heavy atom. The van der Waals surface area contributed by atoms with Gasteiger partial charge >= 0.3 is 5.97 Å². The van der Waals surface area contributed by atoms with Crippen molar-refractivity contribution in [2.24, 2.45) is 0 Å². The molecule has 0 aliphatic heterocycles. The van der Waals surface area contributed by atoms with Crippen molar-refractivity contribution in [3.05, 3.63) is 29.3 Å². The Morgan fingerprint density at radius 2 is 1.86 bits per heavy atom. The lowest BCUT2D eigenvalue weighted by Gasteiger charge is -2.10. The van der Waals surface area contributed by atoms with Gasteiger partial charge in [0.1, 0.15) is 6.54 Å². The summed E-state index contributed by atoms with van der Waals surface area (Å²) >= 11 is 0. The molecule has 3 nitrogen and oxygen atoms in total. The molecule has 0 fully saturated rings. The van der Waals surface area contributed by atoms with E-state index in [2.05, 4.69) is 5.32 Å². The van der Waals surface area contributed by atoms with Gasteiger partial charge in [0.25, 0.3) is 0 Å². The van der Waals surface area contributed by atoms with Gasteiger partial charge in [-0.1, -0.05) is 18.2 Å². The van der Waals surface area contributed by atoms with E-state index in [0.717, 1.165) is 16.8 Å². The van der Waals surface area contributed by atoms with Gasteiger partial charge in [-0.05, 0) is 25.0 Å². The first-order chi connectivity index (χ1) is 6.11. The molecule has 0 radical (unpaired) electrons. The molecular weight excluding hydrogens is 202 g/mol. The lowest BCUT2D eigenvalue weighted by Crippen LogP contribution is -2.13. The summed E-state index contributed by atoms with van der Waals surface area (Å²) in [7, 11) is 0. The highest BCUT2D eigenvalue weighted by Crippen LogP contribution is 2.18. The molecule has 4 heteroatoms. The predicted molar refractivity (Wildman–Crippen MR) is 59.3 cm³/mol. The van der Waals surface area contributed by atoms with Crippen LogP contribution in [0, 0.1) is 13.8 Å². The van der Waals surface area contributed by atoms with Crippen LogP contribution in [0.15, 0.2) is 18.2 Å². The minimum Gasteiger partial charge on any atom is -0.480 e. The molecule has 78 valence electrons. The summed E-state index contributed by atoms with van der Waals surface area (Å²) in [5.41, 5.74) is 3.06. The van der Waals surface area contributed by atoms with E-state index in [0.29, 0.717) is 0 Å². The van der Waals surface area contributed by atoms with Gasteiger partial charge in [-0.2, -0.15) is 0 Å². The van der Waals surface area contributed by atoms with Crippen LogP contribution in [0.25, 0.3) is 0 Å². The first-order valence-corrected chi connectivity index (χ1v) is 4.13. The maximum Gasteiger partial charge on any atom is 0.322 e. The summed E-state index contributed by atoms with van der Waals surface area (Å²) in [4.78, 5) is 10.3. The average molecular weight is 216 g/mol. The molecule has 0 aliphatic rings. The number of carbonyl (C=O) groups is 1. The standard InChI is InChI=1S/C10H13NO2.ClH/c1-7-4-3-5-8(2)10(7)11-6-9(12)13;/h3-5,11H,6H2,1-2H3,(H,12,13);1H. The van der Waals surface area contributed by atoms with E-state index in [-0.39, 0.29) is 19.0 Å². The largest absolute Gasteiger partial charge is 0.480 e. The van der Waals surface area contributed by atoms with Crippen LogP contribution in [0.5, 0.6) is 0 Å². The number of hydrogen-bond donors (Lipinski definition) is 2. The lowest BCUT2D eigenvalue weighted by atomic mass is 10.1. The summed E-state index contributed by atoms with van der Waals surface area (Å²) in [6.45, 7) is 3.88. The molecule has 0 saturated heterocycles. The van der Waals surface area contributed by atoms with Gasteiger partial charge in [-0.25, -0.2) is 0 Å². The van der Waals surface area contributed by atoms with Gasteiger partial charge in [0.15, 0.2) is 0 Å². The zero-order valence-electron chi connectivity index (χ0n) is 8.20. The number of rotatable bonds is 3. The first kappa shape index (κ1) is 12.8. The zero-order chi connectivity index (χ0) is 9.84. The van der Waals surface area contributed by atoms with Crippen LogP contribution in [-0.2, 0) is 4.79 Å². The summed E-state index contributed by atoms with van der Waals surface area (Å²) in [6, 6.07) is 5.87. The monoisotopic (exact) mass is 215 g/mol. The van der Waals surface area contributed by atoms with E-state index >= 15 is 0 Å². The Morgan fingerprint density at radius 3 is 2.29 bits per heavy atom. The molecule has 0 saturated carbocycles. The molecule has 1 aromatic rings. The van der Waals surface area contributed by atoms with Crippen molar-refractivity contribution in [2.45, 2.75) is 13.8 Å². The van der Waals surface area contributed by atoms with E-state index in [9.17, 15) is 4.79 Å². The van der Waals surface area contributed by atoms with Crippen LogP contribution >= 0.6 is 12.4 Å². The number of nitrogens with one attached hydrogen (secondary N) is 1. The summed E-state index contributed by atoms with van der Waals surface area (Å²) in [5, 5.41) is 11.4. The number of benzene rings is 1. The van der Waals surface area contributed by atoms with Gasteiger partial charge in [0.05, 0.1) is 0 Å². The molecule has 0 amide bonds. The molecule has 0 atom stereocenters. The van der Waals surface area contributed by atoms with E-state index in [1.807, 2.05) is 32.0 Å². The van der Waals surface area contributed by atoms with E-state index < -0.39 is 5.97 Å². The van der Waals surface area contributed by atoms with Gasteiger partial charge in [-0.15, -0.1) is 12.4 Å².